The number of amides is 1. The van der Waals surface area contributed by atoms with E-state index in [1.54, 1.807) is 7.05 Å². The first-order valence-corrected chi connectivity index (χ1v) is 6.70. The molecule has 0 fully saturated rings. The Labute approximate surface area is 122 Å². The summed E-state index contributed by atoms with van der Waals surface area (Å²) in [6, 6.07) is 12.7. The van der Waals surface area contributed by atoms with Crippen molar-refractivity contribution in [3.05, 3.63) is 59.5 Å². The van der Waals surface area contributed by atoms with Gasteiger partial charge in [-0.2, -0.15) is 0 Å². The van der Waals surface area contributed by atoms with Crippen molar-refractivity contribution in [2.45, 2.75) is 12.8 Å². The zero-order valence-corrected chi connectivity index (χ0v) is 11.8. The third-order valence-corrected chi connectivity index (χ3v) is 3.18. The zero-order chi connectivity index (χ0) is 15.2. The number of hydrogen-bond donors (Lipinski definition) is 1. The van der Waals surface area contributed by atoms with Gasteiger partial charge in [0.15, 0.2) is 5.76 Å². The number of aryl methyl sites for hydroxylation is 1. The Balaban J connectivity index is 1.86. The van der Waals surface area contributed by atoms with Gasteiger partial charge in [-0.05, 0) is 30.5 Å². The summed E-state index contributed by atoms with van der Waals surface area (Å²) < 4.78 is 5.00. The van der Waals surface area contributed by atoms with Gasteiger partial charge in [-0.15, -0.1) is 0 Å². The van der Waals surface area contributed by atoms with Crippen molar-refractivity contribution in [2.75, 3.05) is 13.6 Å². The maximum atomic E-state index is 12.1. The Morgan fingerprint density at radius 3 is 2.38 bits per heavy atom. The number of carboxylic acids is 1. The fourth-order valence-electron chi connectivity index (χ4n) is 2.02. The Hall–Kier alpha value is -2.56. The molecular formula is C16H17NO4. The summed E-state index contributed by atoms with van der Waals surface area (Å²) in [5, 5.41) is 8.77. The van der Waals surface area contributed by atoms with E-state index in [1.807, 2.05) is 30.3 Å². The smallest absolute Gasteiger partial charge is 0.371 e. The van der Waals surface area contributed by atoms with Crippen LogP contribution in [0, 0.1) is 0 Å². The minimum absolute atomic E-state index is 0.0506. The fraction of sp³-hybridized carbons (Fsp3) is 0.250. The monoisotopic (exact) mass is 287 g/mol. The molecule has 0 aliphatic heterocycles. The van der Waals surface area contributed by atoms with Crippen molar-refractivity contribution in [1.29, 1.82) is 0 Å². The summed E-state index contributed by atoms with van der Waals surface area (Å²) in [4.78, 5) is 24.3. The third-order valence-electron chi connectivity index (χ3n) is 3.18. The number of carbonyl (C=O) groups is 2. The van der Waals surface area contributed by atoms with E-state index in [9.17, 15) is 9.59 Å². The van der Waals surface area contributed by atoms with Crippen LogP contribution in [-0.2, 0) is 6.42 Å². The highest BCUT2D eigenvalue weighted by atomic mass is 16.4. The second-order valence-electron chi connectivity index (χ2n) is 4.78. The second-order valence-corrected chi connectivity index (χ2v) is 4.78. The van der Waals surface area contributed by atoms with E-state index >= 15 is 0 Å². The van der Waals surface area contributed by atoms with Crippen molar-refractivity contribution in [1.82, 2.24) is 4.90 Å². The van der Waals surface area contributed by atoms with Crippen molar-refractivity contribution in [3.63, 3.8) is 0 Å². The fourth-order valence-corrected chi connectivity index (χ4v) is 2.02. The Kier molecular flexibility index (Phi) is 4.77. The predicted molar refractivity (Wildman–Crippen MR) is 77.4 cm³/mol. The first-order chi connectivity index (χ1) is 10.1. The van der Waals surface area contributed by atoms with E-state index in [0.29, 0.717) is 6.54 Å². The van der Waals surface area contributed by atoms with Gasteiger partial charge in [0.25, 0.3) is 5.91 Å². The molecule has 0 radical (unpaired) electrons. The van der Waals surface area contributed by atoms with Gasteiger partial charge in [0, 0.05) is 13.6 Å². The summed E-state index contributed by atoms with van der Waals surface area (Å²) in [5.74, 6) is -1.66. The quantitative estimate of drug-likeness (QED) is 0.886. The molecule has 1 amide bonds. The van der Waals surface area contributed by atoms with Gasteiger partial charge in [-0.25, -0.2) is 4.79 Å². The molecular weight excluding hydrogens is 270 g/mol. The predicted octanol–water partition coefficient (Wildman–Crippen LogP) is 2.68. The number of carboxylic acid groups (broad SMARTS) is 1. The van der Waals surface area contributed by atoms with Crippen LogP contribution in [0.1, 0.15) is 33.1 Å². The molecule has 0 saturated heterocycles. The Morgan fingerprint density at radius 1 is 1.10 bits per heavy atom. The van der Waals surface area contributed by atoms with E-state index < -0.39 is 5.97 Å². The summed E-state index contributed by atoms with van der Waals surface area (Å²) in [7, 11) is 1.68. The average molecular weight is 287 g/mol. The second kappa shape index (κ2) is 6.74. The highest BCUT2D eigenvalue weighted by Crippen LogP contribution is 2.11. The minimum Gasteiger partial charge on any atom is -0.475 e. The number of aromatic carboxylic acids is 1. The standard InChI is InChI=1S/C16H17NO4/c1-17(11-5-8-12-6-3-2-4-7-12)15(18)13-9-10-14(21-13)16(19)20/h2-4,6-7,9-10H,5,8,11H2,1H3,(H,19,20). The normalized spacial score (nSPS) is 10.3. The highest BCUT2D eigenvalue weighted by Gasteiger charge is 2.17. The lowest BCUT2D eigenvalue weighted by atomic mass is 10.1. The lowest BCUT2D eigenvalue weighted by Crippen LogP contribution is -2.27. The number of carbonyl (C=O) groups excluding carboxylic acids is 1. The Morgan fingerprint density at radius 2 is 1.76 bits per heavy atom. The first kappa shape index (κ1) is 14.8. The molecule has 0 spiro atoms. The summed E-state index contributed by atoms with van der Waals surface area (Å²) >= 11 is 0. The maximum absolute atomic E-state index is 12.1. The van der Waals surface area contributed by atoms with E-state index in [1.165, 1.54) is 22.6 Å². The van der Waals surface area contributed by atoms with E-state index in [2.05, 4.69) is 0 Å². The lowest BCUT2D eigenvalue weighted by molar-refractivity contribution is 0.0653. The lowest BCUT2D eigenvalue weighted by Gasteiger charge is -2.15. The zero-order valence-electron chi connectivity index (χ0n) is 11.8. The van der Waals surface area contributed by atoms with Crippen molar-refractivity contribution < 1.29 is 19.1 Å². The van der Waals surface area contributed by atoms with Crippen LogP contribution >= 0.6 is 0 Å². The minimum atomic E-state index is -1.18. The molecule has 1 aromatic heterocycles. The molecule has 2 aromatic rings. The maximum Gasteiger partial charge on any atom is 0.371 e. The highest BCUT2D eigenvalue weighted by molar-refractivity contribution is 5.93. The van der Waals surface area contributed by atoms with Crippen molar-refractivity contribution >= 4 is 11.9 Å². The van der Waals surface area contributed by atoms with Crippen LogP contribution in [0.5, 0.6) is 0 Å². The van der Waals surface area contributed by atoms with Gasteiger partial charge in [0.2, 0.25) is 5.76 Å². The number of benzene rings is 1. The molecule has 0 aliphatic rings. The summed E-state index contributed by atoms with van der Waals surface area (Å²) in [5.41, 5.74) is 1.23. The van der Waals surface area contributed by atoms with E-state index in [-0.39, 0.29) is 17.4 Å². The number of nitrogens with zero attached hydrogens (tertiary/aromatic N) is 1. The Bertz CT molecular complexity index is 618. The van der Waals surface area contributed by atoms with Crippen LogP contribution in [0.2, 0.25) is 0 Å². The average Bonchev–Trinajstić information content (AvgIpc) is 2.97. The molecule has 5 nitrogen and oxygen atoms in total. The molecule has 21 heavy (non-hydrogen) atoms. The van der Waals surface area contributed by atoms with Crippen LogP contribution in [0.3, 0.4) is 0 Å². The van der Waals surface area contributed by atoms with Crippen LogP contribution < -0.4 is 0 Å². The molecule has 0 saturated carbocycles. The van der Waals surface area contributed by atoms with Gasteiger partial charge in [0.1, 0.15) is 0 Å². The van der Waals surface area contributed by atoms with Gasteiger partial charge in [-0.1, -0.05) is 30.3 Å². The van der Waals surface area contributed by atoms with Gasteiger partial charge in [-0.3, -0.25) is 4.79 Å². The summed E-state index contributed by atoms with van der Waals surface area (Å²) in [6.45, 7) is 0.580. The number of hydrogen-bond acceptors (Lipinski definition) is 3. The molecule has 0 unspecified atom stereocenters. The third kappa shape index (κ3) is 3.95. The molecule has 0 atom stereocenters. The summed E-state index contributed by atoms with van der Waals surface area (Å²) in [6.07, 6.45) is 1.72. The van der Waals surface area contributed by atoms with Crippen LogP contribution in [0.15, 0.2) is 46.9 Å². The molecule has 1 aromatic carbocycles. The number of furan rings is 1. The number of rotatable bonds is 6. The topological polar surface area (TPSA) is 70.8 Å². The van der Waals surface area contributed by atoms with Crippen LogP contribution in [0.4, 0.5) is 0 Å². The molecule has 0 bridgehead atoms. The molecule has 0 aliphatic carbocycles. The van der Waals surface area contributed by atoms with E-state index in [4.69, 9.17) is 9.52 Å². The van der Waals surface area contributed by atoms with Gasteiger partial charge < -0.3 is 14.4 Å². The first-order valence-electron chi connectivity index (χ1n) is 6.70. The van der Waals surface area contributed by atoms with E-state index in [0.717, 1.165) is 12.8 Å². The largest absolute Gasteiger partial charge is 0.475 e. The van der Waals surface area contributed by atoms with Crippen LogP contribution in [-0.4, -0.2) is 35.5 Å². The SMILES string of the molecule is CN(CCCc1ccccc1)C(=O)c1ccc(C(=O)O)o1. The van der Waals surface area contributed by atoms with Gasteiger partial charge >= 0.3 is 5.97 Å². The molecule has 110 valence electrons. The van der Waals surface area contributed by atoms with Crippen molar-refractivity contribution in [3.8, 4) is 0 Å². The molecule has 2 rings (SSSR count). The van der Waals surface area contributed by atoms with Crippen LogP contribution in [0.25, 0.3) is 0 Å². The molecule has 1 N–H and O–H groups in total. The molecule has 5 heteroatoms. The van der Waals surface area contributed by atoms with Crippen molar-refractivity contribution in [2.24, 2.45) is 0 Å². The molecule has 1 heterocycles. The van der Waals surface area contributed by atoms with Gasteiger partial charge in [0.05, 0.1) is 0 Å².